The molecule has 1 aliphatic heterocycles. The Morgan fingerprint density at radius 2 is 1.94 bits per heavy atom. The Hall–Kier alpha value is -4.40. The standard InChI is InChI=1S/C25H23N7O2/c33-23-12-17(25(34)30-23)11-18-15-27-32-22(28-19-7-8-19)13-21(29-24(18)32)26-14-16-5-1-2-6-20(16)31-9-3-4-10-31/h1-6,9-11,13,15,19,28H,7-8,12,14H2,(H,26,29)(H,30,33,34)/b17-11+. The minimum absolute atomic E-state index is 0.0669. The molecule has 0 atom stereocenters. The number of benzene rings is 1. The molecule has 4 aromatic rings. The van der Waals surface area contributed by atoms with Crippen LogP contribution >= 0.6 is 0 Å². The SMILES string of the molecule is O=C1C/C(=C\c2cnn3c(NC4CC4)cc(NCc4ccccc4-n4cccc4)nc23)C(=O)N1. The highest BCUT2D eigenvalue weighted by Gasteiger charge is 2.25. The van der Waals surface area contributed by atoms with Crippen LogP contribution in [-0.2, 0) is 16.1 Å². The maximum atomic E-state index is 12.0. The van der Waals surface area contributed by atoms with Gasteiger partial charge in [0.1, 0.15) is 11.6 Å². The number of nitrogens with zero attached hydrogens (tertiary/aromatic N) is 4. The minimum Gasteiger partial charge on any atom is -0.367 e. The zero-order valence-corrected chi connectivity index (χ0v) is 18.4. The number of fused-ring (bicyclic) bond motifs is 1. The Balaban J connectivity index is 1.34. The van der Waals surface area contributed by atoms with Crippen LogP contribution in [0.25, 0.3) is 17.4 Å². The first-order chi connectivity index (χ1) is 16.6. The van der Waals surface area contributed by atoms with Gasteiger partial charge in [0.2, 0.25) is 5.91 Å². The van der Waals surface area contributed by atoms with Gasteiger partial charge in [0.25, 0.3) is 5.91 Å². The quantitative estimate of drug-likeness (QED) is 0.293. The molecule has 9 nitrogen and oxygen atoms in total. The van der Waals surface area contributed by atoms with Crippen LogP contribution in [0.4, 0.5) is 11.6 Å². The van der Waals surface area contributed by atoms with Gasteiger partial charge in [0, 0.05) is 47.9 Å². The second-order valence-electron chi connectivity index (χ2n) is 8.58. The third-order valence-electron chi connectivity index (χ3n) is 5.99. The van der Waals surface area contributed by atoms with Crippen molar-refractivity contribution in [3.8, 4) is 5.69 Å². The number of amides is 2. The molecule has 34 heavy (non-hydrogen) atoms. The summed E-state index contributed by atoms with van der Waals surface area (Å²) in [5, 5.41) is 13.8. The van der Waals surface area contributed by atoms with Crippen LogP contribution in [0.2, 0.25) is 0 Å². The van der Waals surface area contributed by atoms with Crippen LogP contribution in [-0.4, -0.2) is 37.0 Å². The van der Waals surface area contributed by atoms with Crippen LogP contribution in [0.15, 0.2) is 66.6 Å². The first-order valence-corrected chi connectivity index (χ1v) is 11.3. The van der Waals surface area contributed by atoms with Gasteiger partial charge in [-0.15, -0.1) is 0 Å². The molecule has 9 heteroatoms. The lowest BCUT2D eigenvalue weighted by Crippen LogP contribution is -2.19. The molecule has 0 radical (unpaired) electrons. The van der Waals surface area contributed by atoms with Crippen molar-refractivity contribution >= 4 is 35.2 Å². The molecule has 0 spiro atoms. The van der Waals surface area contributed by atoms with Gasteiger partial charge in [-0.3, -0.25) is 14.9 Å². The molecule has 2 amide bonds. The summed E-state index contributed by atoms with van der Waals surface area (Å²) in [6.07, 6.45) is 9.73. The fourth-order valence-electron chi connectivity index (χ4n) is 4.11. The van der Waals surface area contributed by atoms with Crippen molar-refractivity contribution in [3.63, 3.8) is 0 Å². The van der Waals surface area contributed by atoms with Gasteiger partial charge in [-0.05, 0) is 42.7 Å². The zero-order chi connectivity index (χ0) is 23.1. The molecule has 1 aromatic carbocycles. The first-order valence-electron chi connectivity index (χ1n) is 11.3. The molecule has 0 unspecified atom stereocenters. The van der Waals surface area contributed by atoms with Gasteiger partial charge >= 0.3 is 0 Å². The average Bonchev–Trinajstić information content (AvgIpc) is 3.20. The molecular weight excluding hydrogens is 430 g/mol. The number of carbonyl (C=O) groups excluding carboxylic acids is 2. The van der Waals surface area contributed by atoms with E-state index in [2.05, 4.69) is 37.7 Å². The number of aromatic nitrogens is 4. The van der Waals surface area contributed by atoms with Crippen molar-refractivity contribution in [3.05, 3.63) is 77.8 Å². The smallest absolute Gasteiger partial charge is 0.254 e. The van der Waals surface area contributed by atoms with Gasteiger partial charge < -0.3 is 15.2 Å². The van der Waals surface area contributed by atoms with Crippen molar-refractivity contribution < 1.29 is 9.59 Å². The van der Waals surface area contributed by atoms with Crippen molar-refractivity contribution in [2.24, 2.45) is 0 Å². The van der Waals surface area contributed by atoms with E-state index in [-0.39, 0.29) is 18.2 Å². The van der Waals surface area contributed by atoms with E-state index in [0.717, 1.165) is 29.9 Å². The third kappa shape index (κ3) is 3.92. The van der Waals surface area contributed by atoms with E-state index in [4.69, 9.17) is 4.98 Å². The highest BCUT2D eigenvalue weighted by atomic mass is 16.2. The Morgan fingerprint density at radius 1 is 1.12 bits per heavy atom. The molecule has 1 saturated heterocycles. The molecule has 1 saturated carbocycles. The highest BCUT2D eigenvalue weighted by molar-refractivity contribution is 6.15. The average molecular weight is 454 g/mol. The minimum atomic E-state index is -0.364. The molecule has 170 valence electrons. The molecule has 3 aromatic heterocycles. The molecule has 2 aliphatic rings. The zero-order valence-electron chi connectivity index (χ0n) is 18.4. The predicted octanol–water partition coefficient (Wildman–Crippen LogP) is 3.14. The molecule has 3 N–H and O–H groups in total. The van der Waals surface area contributed by atoms with Crippen molar-refractivity contribution in [2.45, 2.75) is 31.8 Å². The Kier molecular flexibility index (Phi) is 4.87. The Bertz CT molecular complexity index is 1430. The molecular formula is C25H23N7O2. The topological polar surface area (TPSA) is 105 Å². The van der Waals surface area contributed by atoms with Gasteiger partial charge in [0.15, 0.2) is 5.65 Å². The van der Waals surface area contributed by atoms with Crippen LogP contribution in [0.1, 0.15) is 30.4 Å². The maximum absolute atomic E-state index is 12.0. The van der Waals surface area contributed by atoms with Crippen LogP contribution in [0.3, 0.4) is 0 Å². The molecule has 6 rings (SSSR count). The van der Waals surface area contributed by atoms with Crippen LogP contribution in [0.5, 0.6) is 0 Å². The van der Waals surface area contributed by atoms with E-state index < -0.39 is 0 Å². The van der Waals surface area contributed by atoms with E-state index in [9.17, 15) is 9.59 Å². The normalized spacial score (nSPS) is 16.9. The molecule has 0 bridgehead atoms. The number of anilines is 2. The van der Waals surface area contributed by atoms with Crippen LogP contribution < -0.4 is 16.0 Å². The summed E-state index contributed by atoms with van der Waals surface area (Å²) in [4.78, 5) is 28.4. The number of nitrogens with one attached hydrogen (secondary N) is 3. The lowest BCUT2D eigenvalue weighted by Gasteiger charge is -2.14. The molecule has 2 fully saturated rings. The van der Waals surface area contributed by atoms with Crippen molar-refractivity contribution in [1.82, 2.24) is 24.5 Å². The lowest BCUT2D eigenvalue weighted by molar-refractivity contribution is -0.124. The summed E-state index contributed by atoms with van der Waals surface area (Å²) in [5.74, 6) is 0.882. The van der Waals surface area contributed by atoms with E-state index in [1.54, 1.807) is 16.8 Å². The largest absolute Gasteiger partial charge is 0.367 e. The summed E-state index contributed by atoms with van der Waals surface area (Å²) in [7, 11) is 0. The third-order valence-corrected chi connectivity index (χ3v) is 5.99. The number of hydrogen-bond donors (Lipinski definition) is 3. The summed E-state index contributed by atoms with van der Waals surface area (Å²) in [6, 6.07) is 14.6. The number of imide groups is 1. The Labute approximate surface area is 195 Å². The number of hydrogen-bond acceptors (Lipinski definition) is 6. The second kappa shape index (κ2) is 8.18. The second-order valence-corrected chi connectivity index (χ2v) is 8.58. The first kappa shape index (κ1) is 20.2. The van der Waals surface area contributed by atoms with E-state index in [1.165, 1.54) is 0 Å². The maximum Gasteiger partial charge on any atom is 0.254 e. The fourth-order valence-corrected chi connectivity index (χ4v) is 4.11. The van der Waals surface area contributed by atoms with Gasteiger partial charge in [-0.2, -0.15) is 9.61 Å². The summed E-state index contributed by atoms with van der Waals surface area (Å²) >= 11 is 0. The number of para-hydroxylation sites is 1. The van der Waals surface area contributed by atoms with Gasteiger partial charge in [-0.1, -0.05) is 18.2 Å². The number of rotatable bonds is 7. The van der Waals surface area contributed by atoms with Crippen LogP contribution in [0, 0.1) is 0 Å². The molecule has 4 heterocycles. The number of carbonyl (C=O) groups is 2. The van der Waals surface area contributed by atoms with E-state index >= 15 is 0 Å². The highest BCUT2D eigenvalue weighted by Crippen LogP contribution is 2.28. The summed E-state index contributed by atoms with van der Waals surface area (Å²) in [5.41, 5.74) is 3.96. The van der Waals surface area contributed by atoms with E-state index in [1.807, 2.05) is 42.7 Å². The molecule has 1 aliphatic carbocycles. The summed E-state index contributed by atoms with van der Waals surface area (Å²) in [6.45, 7) is 0.585. The van der Waals surface area contributed by atoms with Gasteiger partial charge in [0.05, 0.1) is 12.6 Å². The van der Waals surface area contributed by atoms with E-state index in [0.29, 0.717) is 35.2 Å². The van der Waals surface area contributed by atoms with Crippen molar-refractivity contribution in [2.75, 3.05) is 10.6 Å². The monoisotopic (exact) mass is 453 g/mol. The fraction of sp³-hybridized carbons (Fsp3) is 0.200. The van der Waals surface area contributed by atoms with Gasteiger partial charge in [-0.25, -0.2) is 4.98 Å². The van der Waals surface area contributed by atoms with Crippen molar-refractivity contribution in [1.29, 1.82) is 0 Å². The lowest BCUT2D eigenvalue weighted by atomic mass is 10.1. The Morgan fingerprint density at radius 3 is 2.71 bits per heavy atom. The summed E-state index contributed by atoms with van der Waals surface area (Å²) < 4.78 is 3.83. The predicted molar refractivity (Wildman–Crippen MR) is 128 cm³/mol.